The molecule has 1 aromatic carbocycles. The molecule has 2 N–H and O–H groups in total. The Balaban J connectivity index is 1.52. The Morgan fingerprint density at radius 2 is 2.00 bits per heavy atom. The first-order valence-electron chi connectivity index (χ1n) is 8.80. The van der Waals surface area contributed by atoms with Gasteiger partial charge in [-0.1, -0.05) is 6.07 Å². The third kappa shape index (κ3) is 4.60. The summed E-state index contributed by atoms with van der Waals surface area (Å²) < 4.78 is 5.80. The van der Waals surface area contributed by atoms with Crippen molar-refractivity contribution in [2.75, 3.05) is 36.5 Å². The highest BCUT2D eigenvalue weighted by Crippen LogP contribution is 2.24. The van der Waals surface area contributed by atoms with E-state index in [2.05, 4.69) is 40.1 Å². The maximum Gasteiger partial charge on any atom is 0.134 e. The van der Waals surface area contributed by atoms with E-state index in [9.17, 15) is 5.11 Å². The third-order valence-corrected chi connectivity index (χ3v) is 4.41. The summed E-state index contributed by atoms with van der Waals surface area (Å²) in [4.78, 5) is 10.8. The molecule has 1 aromatic heterocycles. The van der Waals surface area contributed by atoms with Crippen LogP contribution >= 0.6 is 0 Å². The van der Waals surface area contributed by atoms with Crippen molar-refractivity contribution in [1.82, 2.24) is 9.97 Å². The Labute approximate surface area is 148 Å². The van der Waals surface area contributed by atoms with Crippen molar-refractivity contribution in [1.29, 1.82) is 0 Å². The second-order valence-corrected chi connectivity index (χ2v) is 6.53. The average molecular weight is 342 g/mol. The lowest BCUT2D eigenvalue weighted by Crippen LogP contribution is -2.32. The fourth-order valence-electron chi connectivity index (χ4n) is 3.29. The number of rotatable bonds is 7. The molecule has 6 heteroatoms. The van der Waals surface area contributed by atoms with Gasteiger partial charge in [-0.05, 0) is 49.9 Å². The van der Waals surface area contributed by atoms with Gasteiger partial charge >= 0.3 is 0 Å². The first-order chi connectivity index (χ1) is 12.2. The molecule has 1 aliphatic rings. The fourth-order valence-corrected chi connectivity index (χ4v) is 3.29. The van der Waals surface area contributed by atoms with E-state index in [1.54, 1.807) is 6.33 Å². The number of hydrogen-bond donors (Lipinski definition) is 2. The summed E-state index contributed by atoms with van der Waals surface area (Å²) in [5.41, 5.74) is 2.40. The Morgan fingerprint density at radius 1 is 1.20 bits per heavy atom. The zero-order valence-electron chi connectivity index (χ0n) is 14.9. The molecule has 1 atom stereocenters. The van der Waals surface area contributed by atoms with Gasteiger partial charge in [-0.25, -0.2) is 9.97 Å². The van der Waals surface area contributed by atoms with Crippen molar-refractivity contribution in [3.63, 3.8) is 0 Å². The van der Waals surface area contributed by atoms with Gasteiger partial charge in [0.15, 0.2) is 0 Å². The zero-order valence-corrected chi connectivity index (χ0v) is 14.9. The van der Waals surface area contributed by atoms with E-state index in [-0.39, 0.29) is 12.6 Å². The van der Waals surface area contributed by atoms with Crippen molar-refractivity contribution >= 4 is 11.6 Å². The minimum absolute atomic E-state index is 0.163. The number of hydrogen-bond acceptors (Lipinski definition) is 6. The van der Waals surface area contributed by atoms with Gasteiger partial charge in [-0.2, -0.15) is 0 Å². The van der Waals surface area contributed by atoms with Crippen LogP contribution in [0.5, 0.6) is 5.75 Å². The van der Waals surface area contributed by atoms with Crippen LogP contribution in [0.1, 0.15) is 24.0 Å². The molecule has 6 nitrogen and oxygen atoms in total. The third-order valence-electron chi connectivity index (χ3n) is 4.41. The van der Waals surface area contributed by atoms with Gasteiger partial charge in [0.25, 0.3) is 0 Å². The van der Waals surface area contributed by atoms with Gasteiger partial charge in [0, 0.05) is 12.6 Å². The number of aliphatic hydroxyl groups is 1. The number of ether oxygens (including phenoxy) is 1. The lowest BCUT2D eigenvalue weighted by atomic mass is 10.1. The van der Waals surface area contributed by atoms with E-state index in [1.165, 1.54) is 11.1 Å². The molecule has 2 heterocycles. The summed E-state index contributed by atoms with van der Waals surface area (Å²) >= 11 is 0. The van der Waals surface area contributed by atoms with Crippen molar-refractivity contribution < 1.29 is 9.84 Å². The van der Waals surface area contributed by atoms with E-state index in [0.717, 1.165) is 36.8 Å². The number of aryl methyl sites for hydroxylation is 2. The molecule has 1 aliphatic heterocycles. The maximum atomic E-state index is 9.47. The standard InChI is InChI=1S/C19H26N4O2/c1-14-8-15(2)10-17(9-14)25-7-5-20-18-11-19(22-13-21-18)23-6-3-4-16(23)12-24/h8-11,13,16,24H,3-7,12H2,1-2H3,(H,20,21,22). The summed E-state index contributed by atoms with van der Waals surface area (Å²) in [6, 6.07) is 8.31. The topological polar surface area (TPSA) is 70.5 Å². The minimum atomic E-state index is 0.163. The van der Waals surface area contributed by atoms with Crippen molar-refractivity contribution in [2.24, 2.45) is 0 Å². The molecule has 134 valence electrons. The van der Waals surface area contributed by atoms with Crippen LogP contribution in [0.15, 0.2) is 30.6 Å². The van der Waals surface area contributed by atoms with Gasteiger partial charge < -0.3 is 20.1 Å². The highest BCUT2D eigenvalue weighted by Gasteiger charge is 2.25. The molecule has 0 bridgehead atoms. The summed E-state index contributed by atoms with van der Waals surface area (Å²) in [6.07, 6.45) is 3.66. The number of benzene rings is 1. The van der Waals surface area contributed by atoms with Crippen LogP contribution < -0.4 is 15.0 Å². The predicted molar refractivity (Wildman–Crippen MR) is 99.4 cm³/mol. The molecular weight excluding hydrogens is 316 g/mol. The van der Waals surface area contributed by atoms with Crippen LogP contribution in [-0.2, 0) is 0 Å². The van der Waals surface area contributed by atoms with Gasteiger partial charge in [-0.3, -0.25) is 0 Å². The maximum absolute atomic E-state index is 9.47. The second kappa shape index (κ2) is 8.16. The summed E-state index contributed by atoms with van der Waals surface area (Å²) in [5, 5.41) is 12.7. The van der Waals surface area contributed by atoms with E-state index in [1.807, 2.05) is 18.2 Å². The number of anilines is 2. The first-order valence-corrected chi connectivity index (χ1v) is 8.80. The van der Waals surface area contributed by atoms with Gasteiger partial charge in [-0.15, -0.1) is 0 Å². The normalized spacial score (nSPS) is 16.9. The number of nitrogens with one attached hydrogen (secondary N) is 1. The molecule has 25 heavy (non-hydrogen) atoms. The average Bonchev–Trinajstić information content (AvgIpc) is 3.07. The molecule has 1 unspecified atom stereocenters. The van der Waals surface area contributed by atoms with E-state index in [0.29, 0.717) is 13.2 Å². The molecule has 1 fully saturated rings. The van der Waals surface area contributed by atoms with Crippen LogP contribution in [0.2, 0.25) is 0 Å². The van der Waals surface area contributed by atoms with E-state index >= 15 is 0 Å². The molecule has 3 rings (SSSR count). The van der Waals surface area contributed by atoms with Crippen LogP contribution in [-0.4, -0.2) is 47.4 Å². The predicted octanol–water partition coefficient (Wildman–Crippen LogP) is 2.55. The largest absolute Gasteiger partial charge is 0.492 e. The molecule has 0 radical (unpaired) electrons. The molecule has 0 amide bonds. The first kappa shape index (κ1) is 17.5. The lowest BCUT2D eigenvalue weighted by molar-refractivity contribution is 0.266. The van der Waals surface area contributed by atoms with Crippen LogP contribution in [0, 0.1) is 13.8 Å². The fraction of sp³-hybridized carbons (Fsp3) is 0.474. The van der Waals surface area contributed by atoms with E-state index < -0.39 is 0 Å². The zero-order chi connectivity index (χ0) is 17.6. The van der Waals surface area contributed by atoms with Crippen LogP contribution in [0.4, 0.5) is 11.6 Å². The number of aromatic nitrogens is 2. The van der Waals surface area contributed by atoms with Crippen molar-refractivity contribution in [3.05, 3.63) is 41.7 Å². The quantitative estimate of drug-likeness (QED) is 0.754. The summed E-state index contributed by atoms with van der Waals surface area (Å²) in [5.74, 6) is 2.53. The smallest absolute Gasteiger partial charge is 0.134 e. The van der Waals surface area contributed by atoms with Crippen molar-refractivity contribution in [3.8, 4) is 5.75 Å². The van der Waals surface area contributed by atoms with Gasteiger partial charge in [0.05, 0.1) is 19.2 Å². The van der Waals surface area contributed by atoms with Gasteiger partial charge in [0.1, 0.15) is 30.3 Å². The summed E-state index contributed by atoms with van der Waals surface area (Å²) in [7, 11) is 0. The van der Waals surface area contributed by atoms with Crippen LogP contribution in [0.3, 0.4) is 0 Å². The van der Waals surface area contributed by atoms with E-state index in [4.69, 9.17) is 4.74 Å². The van der Waals surface area contributed by atoms with Crippen LogP contribution in [0.25, 0.3) is 0 Å². The molecule has 1 saturated heterocycles. The van der Waals surface area contributed by atoms with Crippen molar-refractivity contribution in [2.45, 2.75) is 32.7 Å². The number of aliphatic hydroxyl groups excluding tert-OH is 1. The molecular formula is C19H26N4O2. The SMILES string of the molecule is Cc1cc(C)cc(OCCNc2cc(N3CCCC3CO)ncn2)c1. The highest BCUT2D eigenvalue weighted by molar-refractivity contribution is 5.49. The summed E-state index contributed by atoms with van der Waals surface area (Å²) in [6.45, 7) is 6.45. The molecule has 2 aromatic rings. The monoisotopic (exact) mass is 342 g/mol. The second-order valence-electron chi connectivity index (χ2n) is 6.53. The Bertz CT molecular complexity index is 687. The van der Waals surface area contributed by atoms with Gasteiger partial charge in [0.2, 0.25) is 0 Å². The molecule has 0 aliphatic carbocycles. The Morgan fingerprint density at radius 3 is 2.76 bits per heavy atom. The Hall–Kier alpha value is -2.34. The lowest BCUT2D eigenvalue weighted by Gasteiger charge is -2.24. The highest BCUT2D eigenvalue weighted by atomic mass is 16.5. The molecule has 0 spiro atoms. The Kier molecular flexibility index (Phi) is 5.71. The molecule has 0 saturated carbocycles. The number of nitrogens with zero attached hydrogens (tertiary/aromatic N) is 3. The minimum Gasteiger partial charge on any atom is -0.492 e.